The van der Waals surface area contributed by atoms with Crippen LogP contribution in [0.3, 0.4) is 0 Å². The number of carbonyl (C=O) groups is 1. The summed E-state index contributed by atoms with van der Waals surface area (Å²) in [6.07, 6.45) is -4.78. The van der Waals surface area contributed by atoms with Crippen molar-refractivity contribution in [3.05, 3.63) is 42.1 Å². The highest BCUT2D eigenvalue weighted by Crippen LogP contribution is 2.33. The minimum atomic E-state index is -4.61. The minimum Gasteiger partial charge on any atom is -0.372 e. The number of alkyl halides is 3. The molecule has 9 heteroatoms. The Kier molecular flexibility index (Phi) is 6.48. The number of rotatable bonds is 4. The fourth-order valence-corrected chi connectivity index (χ4v) is 4.07. The van der Waals surface area contributed by atoms with Crippen LogP contribution >= 0.6 is 11.8 Å². The predicted octanol–water partition coefficient (Wildman–Crippen LogP) is 4.28. The molecule has 0 N–H and O–H groups in total. The van der Waals surface area contributed by atoms with Crippen molar-refractivity contribution in [1.29, 1.82) is 0 Å². The van der Waals surface area contributed by atoms with Crippen LogP contribution in [-0.4, -0.2) is 51.3 Å². The van der Waals surface area contributed by atoms with Crippen molar-refractivity contribution in [3.63, 3.8) is 0 Å². The van der Waals surface area contributed by atoms with Crippen LogP contribution in [0.1, 0.15) is 26.5 Å². The van der Waals surface area contributed by atoms with Gasteiger partial charge in [-0.15, -0.1) is 0 Å². The molecule has 1 amide bonds. The van der Waals surface area contributed by atoms with E-state index in [-0.39, 0.29) is 29.0 Å². The van der Waals surface area contributed by atoms with Crippen LogP contribution in [0.5, 0.6) is 0 Å². The first kappa shape index (κ1) is 21.6. The van der Waals surface area contributed by atoms with Gasteiger partial charge in [-0.1, -0.05) is 42.1 Å². The van der Waals surface area contributed by atoms with E-state index in [4.69, 9.17) is 4.74 Å². The first-order valence-corrected chi connectivity index (χ1v) is 10.1. The highest BCUT2D eigenvalue weighted by Gasteiger charge is 2.35. The van der Waals surface area contributed by atoms with E-state index >= 15 is 0 Å². The van der Waals surface area contributed by atoms with Gasteiger partial charge in [-0.2, -0.15) is 13.2 Å². The molecule has 3 atom stereocenters. The monoisotopic (exact) mass is 425 g/mol. The molecular weight excluding hydrogens is 403 g/mol. The smallest absolute Gasteiger partial charge is 0.372 e. The third-order valence-electron chi connectivity index (χ3n) is 4.43. The van der Waals surface area contributed by atoms with Crippen molar-refractivity contribution < 1.29 is 22.7 Å². The number of amides is 1. The lowest BCUT2D eigenvalue weighted by molar-refractivity contribution is -0.142. The molecule has 1 aromatic heterocycles. The third kappa shape index (κ3) is 5.48. The molecule has 0 aliphatic carbocycles. The number of morpholine rings is 1. The fourth-order valence-electron chi connectivity index (χ4n) is 3.20. The number of carbonyl (C=O) groups excluding carboxylic acids is 1. The second-order valence-corrected chi connectivity index (χ2v) is 8.35. The lowest BCUT2D eigenvalue weighted by Gasteiger charge is -2.36. The van der Waals surface area contributed by atoms with E-state index in [0.29, 0.717) is 18.7 Å². The first-order valence-electron chi connectivity index (χ1n) is 9.26. The summed E-state index contributed by atoms with van der Waals surface area (Å²) < 4.78 is 45.7. The first-order chi connectivity index (χ1) is 13.6. The van der Waals surface area contributed by atoms with Crippen LogP contribution < -0.4 is 0 Å². The zero-order chi connectivity index (χ0) is 21.2. The van der Waals surface area contributed by atoms with Gasteiger partial charge in [0.25, 0.3) is 0 Å². The van der Waals surface area contributed by atoms with Crippen molar-refractivity contribution in [1.82, 2.24) is 14.9 Å². The van der Waals surface area contributed by atoms with Crippen molar-refractivity contribution in [2.24, 2.45) is 0 Å². The van der Waals surface area contributed by atoms with Crippen molar-refractivity contribution >= 4 is 17.7 Å². The number of halogens is 3. The Labute approximate surface area is 171 Å². The number of hydrogen-bond acceptors (Lipinski definition) is 5. The third-order valence-corrected chi connectivity index (χ3v) is 5.38. The van der Waals surface area contributed by atoms with Crippen LogP contribution in [0, 0.1) is 0 Å². The molecule has 1 saturated heterocycles. The molecule has 3 rings (SSSR count). The van der Waals surface area contributed by atoms with Gasteiger partial charge in [-0.3, -0.25) is 4.79 Å². The summed E-state index contributed by atoms with van der Waals surface area (Å²) in [5, 5.41) is -0.700. The quantitative estimate of drug-likeness (QED) is 0.541. The van der Waals surface area contributed by atoms with E-state index in [2.05, 4.69) is 9.97 Å². The van der Waals surface area contributed by atoms with Gasteiger partial charge in [0.05, 0.1) is 23.2 Å². The molecule has 2 aromatic rings. The zero-order valence-electron chi connectivity index (χ0n) is 16.3. The number of nitrogens with zero attached hydrogens (tertiary/aromatic N) is 3. The summed E-state index contributed by atoms with van der Waals surface area (Å²) in [6, 6.07) is 9.52. The lowest BCUT2D eigenvalue weighted by atomic mass is 10.1. The minimum absolute atomic E-state index is 0.0751. The summed E-state index contributed by atoms with van der Waals surface area (Å²) >= 11 is 0.933. The summed E-state index contributed by atoms with van der Waals surface area (Å²) in [6.45, 7) is 6.33. The summed E-state index contributed by atoms with van der Waals surface area (Å²) in [7, 11) is 0. The van der Waals surface area contributed by atoms with E-state index in [0.717, 1.165) is 17.8 Å². The van der Waals surface area contributed by atoms with Crippen LogP contribution in [0.2, 0.25) is 0 Å². The molecular formula is C20H22F3N3O2S. The second kappa shape index (κ2) is 8.71. The standard InChI is InChI=1S/C20H22F3N3O2S/c1-12-10-26(11-13(2)28-12)18(27)14(3)29-19-24-16(15-7-5-4-6-8-15)9-17(25-19)20(21,22)23/h4-9,12-14H,10-11H2,1-3H3/t12-,13-,14-/m1/s1. The van der Waals surface area contributed by atoms with E-state index in [1.807, 2.05) is 13.8 Å². The Balaban J connectivity index is 1.85. The predicted molar refractivity (Wildman–Crippen MR) is 104 cm³/mol. The maximum Gasteiger partial charge on any atom is 0.433 e. The van der Waals surface area contributed by atoms with Gasteiger partial charge in [0.2, 0.25) is 5.91 Å². The Morgan fingerprint density at radius 2 is 1.79 bits per heavy atom. The molecule has 0 spiro atoms. The molecule has 0 bridgehead atoms. The average Bonchev–Trinajstić information content (AvgIpc) is 2.66. The topological polar surface area (TPSA) is 55.3 Å². The van der Waals surface area contributed by atoms with Gasteiger partial charge in [-0.25, -0.2) is 9.97 Å². The molecule has 1 fully saturated rings. The highest BCUT2D eigenvalue weighted by atomic mass is 32.2. The van der Waals surface area contributed by atoms with Crippen LogP contribution in [-0.2, 0) is 15.7 Å². The Morgan fingerprint density at radius 3 is 2.38 bits per heavy atom. The van der Waals surface area contributed by atoms with Gasteiger partial charge >= 0.3 is 6.18 Å². The Bertz CT molecular complexity index is 854. The fraction of sp³-hybridized carbons (Fsp3) is 0.450. The Morgan fingerprint density at radius 1 is 1.17 bits per heavy atom. The molecule has 0 unspecified atom stereocenters. The largest absolute Gasteiger partial charge is 0.433 e. The SMILES string of the molecule is C[C@@H]1CN(C(=O)[C@@H](C)Sc2nc(-c3ccccc3)cc(C(F)(F)F)n2)C[C@@H](C)O1. The number of hydrogen-bond donors (Lipinski definition) is 0. The molecule has 1 aliphatic rings. The second-order valence-electron chi connectivity index (χ2n) is 7.05. The molecule has 29 heavy (non-hydrogen) atoms. The molecule has 1 aromatic carbocycles. The van der Waals surface area contributed by atoms with Crippen LogP contribution in [0.15, 0.2) is 41.6 Å². The molecule has 0 saturated carbocycles. The maximum atomic E-state index is 13.3. The molecule has 5 nitrogen and oxygen atoms in total. The van der Waals surface area contributed by atoms with E-state index in [1.165, 1.54) is 0 Å². The zero-order valence-corrected chi connectivity index (χ0v) is 17.1. The van der Waals surface area contributed by atoms with Crippen molar-refractivity contribution in [3.8, 4) is 11.3 Å². The van der Waals surface area contributed by atoms with Crippen LogP contribution in [0.4, 0.5) is 13.2 Å². The van der Waals surface area contributed by atoms with E-state index < -0.39 is 17.1 Å². The van der Waals surface area contributed by atoms with E-state index in [1.54, 1.807) is 42.2 Å². The van der Waals surface area contributed by atoms with Gasteiger partial charge in [0, 0.05) is 18.7 Å². The molecule has 2 heterocycles. The average molecular weight is 425 g/mol. The number of ether oxygens (including phenoxy) is 1. The summed E-state index contributed by atoms with van der Waals surface area (Å²) in [5.74, 6) is -0.167. The van der Waals surface area contributed by atoms with Crippen molar-refractivity contribution in [2.45, 2.75) is 49.6 Å². The maximum absolute atomic E-state index is 13.3. The van der Waals surface area contributed by atoms with Gasteiger partial charge < -0.3 is 9.64 Å². The van der Waals surface area contributed by atoms with Gasteiger partial charge in [-0.05, 0) is 26.8 Å². The van der Waals surface area contributed by atoms with Crippen LogP contribution in [0.25, 0.3) is 11.3 Å². The van der Waals surface area contributed by atoms with Crippen molar-refractivity contribution in [2.75, 3.05) is 13.1 Å². The van der Waals surface area contributed by atoms with Gasteiger partial charge in [0.15, 0.2) is 5.16 Å². The van der Waals surface area contributed by atoms with E-state index in [9.17, 15) is 18.0 Å². The molecule has 0 radical (unpaired) electrons. The summed E-state index contributed by atoms with van der Waals surface area (Å²) in [5.41, 5.74) is -0.303. The lowest BCUT2D eigenvalue weighted by Crippen LogP contribution is -2.50. The number of benzene rings is 1. The summed E-state index contributed by atoms with van der Waals surface area (Å²) in [4.78, 5) is 22.4. The number of thioether (sulfide) groups is 1. The molecule has 1 aliphatic heterocycles. The number of aromatic nitrogens is 2. The Hall–Kier alpha value is -2.13. The highest BCUT2D eigenvalue weighted by molar-refractivity contribution is 8.00. The normalized spacial score (nSPS) is 21.1. The van der Waals surface area contributed by atoms with Gasteiger partial charge in [0.1, 0.15) is 5.69 Å². The molecule has 156 valence electrons.